The highest BCUT2D eigenvalue weighted by Gasteiger charge is 2.24. The van der Waals surface area contributed by atoms with Crippen molar-refractivity contribution in [2.24, 2.45) is 0 Å². The third-order valence-electron chi connectivity index (χ3n) is 4.76. The van der Waals surface area contributed by atoms with Gasteiger partial charge in [0.15, 0.2) is 6.61 Å². The number of ketones is 1. The average Bonchev–Trinajstić information content (AvgIpc) is 3.05. The van der Waals surface area contributed by atoms with Crippen molar-refractivity contribution >= 4 is 29.0 Å². The summed E-state index contributed by atoms with van der Waals surface area (Å²) in [6.45, 7) is -0.165. The highest BCUT2D eigenvalue weighted by molar-refractivity contribution is 6.31. The molecule has 0 aliphatic carbocycles. The zero-order valence-corrected chi connectivity index (χ0v) is 18.1. The molecule has 0 amide bonds. The lowest BCUT2D eigenvalue weighted by Gasteiger charge is -2.11. The highest BCUT2D eigenvalue weighted by Crippen LogP contribution is 2.25. The summed E-state index contributed by atoms with van der Waals surface area (Å²) >= 11 is 5.81. The smallest absolute Gasteiger partial charge is 0.387 e. The number of benzene rings is 2. The zero-order valence-electron chi connectivity index (χ0n) is 17.4. The fraction of sp³-hybridized carbons (Fsp3) is 0.182. The Balaban J connectivity index is 1.78. The first kappa shape index (κ1) is 23.9. The number of hydrogen-bond donors (Lipinski definition) is 0. The van der Waals surface area contributed by atoms with Crippen molar-refractivity contribution in [2.75, 3.05) is 6.61 Å². The standard InChI is InChI=1S/C22H17ClF2N2O6/c1-12-9-17(13(2)26(12)15-4-6-16(7-5-15)33-22(24)25)20(28)11-32-21(29)18-10-14(23)3-8-19(18)27(30)31/h3-10,22H,11H2,1-2H3. The first-order valence-electron chi connectivity index (χ1n) is 9.47. The van der Waals surface area contributed by atoms with Gasteiger partial charge in [0, 0.05) is 33.7 Å². The third-order valence-corrected chi connectivity index (χ3v) is 5.00. The van der Waals surface area contributed by atoms with Crippen LogP contribution in [0.3, 0.4) is 0 Å². The molecule has 3 aromatic rings. The van der Waals surface area contributed by atoms with Gasteiger partial charge in [-0.2, -0.15) is 8.78 Å². The molecule has 0 fully saturated rings. The van der Waals surface area contributed by atoms with Crippen LogP contribution < -0.4 is 4.74 Å². The van der Waals surface area contributed by atoms with E-state index in [-0.39, 0.29) is 21.9 Å². The molecule has 0 bridgehead atoms. The second-order valence-electron chi connectivity index (χ2n) is 6.91. The number of nitrogens with zero attached hydrogens (tertiary/aromatic N) is 2. The van der Waals surface area contributed by atoms with Crippen LogP contribution in [0.2, 0.25) is 5.02 Å². The lowest BCUT2D eigenvalue weighted by molar-refractivity contribution is -0.385. The van der Waals surface area contributed by atoms with Gasteiger partial charge in [0.1, 0.15) is 11.3 Å². The number of halogens is 3. The van der Waals surface area contributed by atoms with Crippen molar-refractivity contribution in [3.05, 3.63) is 86.2 Å². The molecule has 0 saturated heterocycles. The number of carbonyl (C=O) groups excluding carboxylic acids is 2. The molecule has 1 heterocycles. The van der Waals surface area contributed by atoms with Gasteiger partial charge in [-0.05, 0) is 56.3 Å². The molecule has 11 heteroatoms. The summed E-state index contributed by atoms with van der Waals surface area (Å²) in [5.74, 6) is -1.58. The molecule has 1 aromatic heterocycles. The van der Waals surface area contributed by atoms with Crippen LogP contribution >= 0.6 is 11.6 Å². The van der Waals surface area contributed by atoms with E-state index in [1.54, 1.807) is 36.6 Å². The molecule has 0 atom stereocenters. The van der Waals surface area contributed by atoms with Crippen LogP contribution in [0.4, 0.5) is 14.5 Å². The lowest BCUT2D eigenvalue weighted by Crippen LogP contribution is -2.16. The Kier molecular flexibility index (Phi) is 7.07. The molecule has 0 N–H and O–H groups in total. The normalized spacial score (nSPS) is 10.8. The monoisotopic (exact) mass is 478 g/mol. The van der Waals surface area contributed by atoms with Gasteiger partial charge in [0.05, 0.1) is 4.92 Å². The van der Waals surface area contributed by atoms with Crippen molar-refractivity contribution in [2.45, 2.75) is 20.5 Å². The number of Topliss-reactive ketones (excluding diaryl/α,β-unsaturated/α-hetero) is 1. The number of nitro groups is 1. The predicted octanol–water partition coefficient (Wildman–Crippen LogP) is 5.30. The number of hydrogen-bond acceptors (Lipinski definition) is 6. The Morgan fingerprint density at radius 3 is 2.36 bits per heavy atom. The molecule has 33 heavy (non-hydrogen) atoms. The Morgan fingerprint density at radius 2 is 1.76 bits per heavy atom. The Bertz CT molecular complexity index is 1220. The van der Waals surface area contributed by atoms with E-state index in [0.717, 1.165) is 12.1 Å². The molecule has 3 rings (SSSR count). The van der Waals surface area contributed by atoms with E-state index in [2.05, 4.69) is 4.74 Å². The molecule has 0 unspecified atom stereocenters. The van der Waals surface area contributed by atoms with Crippen molar-refractivity contribution in [3.63, 3.8) is 0 Å². The molecule has 0 radical (unpaired) electrons. The second-order valence-corrected chi connectivity index (χ2v) is 7.35. The van der Waals surface area contributed by atoms with E-state index in [1.165, 1.54) is 18.2 Å². The Hall–Kier alpha value is -3.79. The number of aromatic nitrogens is 1. The maximum Gasteiger partial charge on any atom is 0.387 e. The maximum atomic E-state index is 12.7. The summed E-state index contributed by atoms with van der Waals surface area (Å²) in [6, 6.07) is 10.9. The summed E-state index contributed by atoms with van der Waals surface area (Å²) in [6.07, 6.45) is 0. The largest absolute Gasteiger partial charge is 0.454 e. The lowest BCUT2D eigenvalue weighted by atomic mass is 10.1. The summed E-state index contributed by atoms with van der Waals surface area (Å²) in [7, 11) is 0. The topological polar surface area (TPSA) is 101 Å². The third kappa shape index (κ3) is 5.35. The number of carbonyl (C=O) groups is 2. The zero-order chi connectivity index (χ0) is 24.3. The van der Waals surface area contributed by atoms with Crippen LogP contribution in [0.15, 0.2) is 48.5 Å². The van der Waals surface area contributed by atoms with Gasteiger partial charge in [-0.1, -0.05) is 11.6 Å². The van der Waals surface area contributed by atoms with E-state index in [4.69, 9.17) is 16.3 Å². The van der Waals surface area contributed by atoms with Gasteiger partial charge in [0.25, 0.3) is 5.69 Å². The van der Waals surface area contributed by atoms with E-state index in [9.17, 15) is 28.5 Å². The van der Waals surface area contributed by atoms with Gasteiger partial charge in [-0.25, -0.2) is 4.79 Å². The maximum absolute atomic E-state index is 12.7. The van der Waals surface area contributed by atoms with Crippen LogP contribution in [0.25, 0.3) is 5.69 Å². The molecule has 8 nitrogen and oxygen atoms in total. The SMILES string of the molecule is Cc1cc(C(=O)COC(=O)c2cc(Cl)ccc2[N+](=O)[O-])c(C)n1-c1ccc(OC(F)F)cc1. The van der Waals surface area contributed by atoms with E-state index in [1.807, 2.05) is 0 Å². The number of esters is 1. The molecular formula is C22H17ClF2N2O6. The molecule has 0 aliphatic rings. The summed E-state index contributed by atoms with van der Waals surface area (Å²) in [5, 5.41) is 11.2. The van der Waals surface area contributed by atoms with Crippen LogP contribution in [0.1, 0.15) is 32.1 Å². The van der Waals surface area contributed by atoms with Crippen molar-refractivity contribution < 1.29 is 32.8 Å². The van der Waals surface area contributed by atoms with E-state index < -0.39 is 35.6 Å². The molecule has 172 valence electrons. The number of aryl methyl sites for hydroxylation is 1. The minimum atomic E-state index is -2.94. The summed E-state index contributed by atoms with van der Waals surface area (Å²) in [4.78, 5) is 35.4. The number of nitro benzene ring substituents is 1. The van der Waals surface area contributed by atoms with Gasteiger partial charge in [-0.3, -0.25) is 14.9 Å². The molecule has 0 spiro atoms. The average molecular weight is 479 g/mol. The molecule has 0 aliphatic heterocycles. The van der Waals surface area contributed by atoms with Crippen molar-refractivity contribution in [3.8, 4) is 11.4 Å². The van der Waals surface area contributed by atoms with E-state index >= 15 is 0 Å². The van der Waals surface area contributed by atoms with Gasteiger partial charge < -0.3 is 14.0 Å². The predicted molar refractivity (Wildman–Crippen MR) is 115 cm³/mol. The van der Waals surface area contributed by atoms with Crippen LogP contribution in [-0.4, -0.2) is 34.5 Å². The molecular weight excluding hydrogens is 462 g/mol. The Labute approximate surface area is 191 Å². The summed E-state index contributed by atoms with van der Waals surface area (Å²) < 4.78 is 35.7. The number of ether oxygens (including phenoxy) is 2. The van der Waals surface area contributed by atoms with Crippen LogP contribution in [0, 0.1) is 24.0 Å². The first-order chi connectivity index (χ1) is 15.6. The molecule has 2 aromatic carbocycles. The molecule has 0 saturated carbocycles. The number of rotatable bonds is 8. The second kappa shape index (κ2) is 9.78. The fourth-order valence-electron chi connectivity index (χ4n) is 3.34. The van der Waals surface area contributed by atoms with E-state index in [0.29, 0.717) is 17.1 Å². The highest BCUT2D eigenvalue weighted by atomic mass is 35.5. The summed E-state index contributed by atoms with van der Waals surface area (Å²) in [5.41, 5.74) is 1.23. The van der Waals surface area contributed by atoms with Crippen molar-refractivity contribution in [1.29, 1.82) is 0 Å². The Morgan fingerprint density at radius 1 is 1.09 bits per heavy atom. The quantitative estimate of drug-likeness (QED) is 0.188. The first-order valence-corrected chi connectivity index (χ1v) is 9.84. The van der Waals surface area contributed by atoms with Crippen LogP contribution in [0.5, 0.6) is 5.75 Å². The van der Waals surface area contributed by atoms with Gasteiger partial charge in [-0.15, -0.1) is 0 Å². The van der Waals surface area contributed by atoms with Gasteiger partial charge >= 0.3 is 12.6 Å². The minimum Gasteiger partial charge on any atom is -0.454 e. The van der Waals surface area contributed by atoms with Gasteiger partial charge in [0.2, 0.25) is 5.78 Å². The van der Waals surface area contributed by atoms with Crippen LogP contribution in [-0.2, 0) is 4.74 Å². The minimum absolute atomic E-state index is 0.00506. The van der Waals surface area contributed by atoms with Crippen molar-refractivity contribution in [1.82, 2.24) is 4.57 Å². The number of alkyl halides is 2. The fourth-order valence-corrected chi connectivity index (χ4v) is 3.51.